The second-order valence-corrected chi connectivity index (χ2v) is 7.97. The number of hydrogen-bond acceptors (Lipinski definition) is 2. The van der Waals surface area contributed by atoms with Gasteiger partial charge in [-0.15, -0.1) is 0 Å². The van der Waals surface area contributed by atoms with Crippen molar-refractivity contribution in [2.45, 2.75) is 75.4 Å². The molecule has 0 amide bonds. The fourth-order valence-corrected chi connectivity index (χ4v) is 2.98. The summed E-state index contributed by atoms with van der Waals surface area (Å²) in [7, 11) is 0. The SMILES string of the molecule is CC=CC(=O)OCCCC(CCCCCCCC)C(Cl)(Cl)Cl. The van der Waals surface area contributed by atoms with Crippen LogP contribution in [0, 0.1) is 5.92 Å². The zero-order valence-corrected chi connectivity index (χ0v) is 16.0. The minimum Gasteiger partial charge on any atom is -0.463 e. The number of alkyl halides is 3. The van der Waals surface area contributed by atoms with Crippen LogP contribution in [0.25, 0.3) is 0 Å². The molecule has 1 unspecified atom stereocenters. The largest absolute Gasteiger partial charge is 0.463 e. The predicted molar refractivity (Wildman–Crippen MR) is 96.8 cm³/mol. The van der Waals surface area contributed by atoms with Gasteiger partial charge in [-0.25, -0.2) is 4.79 Å². The van der Waals surface area contributed by atoms with Gasteiger partial charge in [0.15, 0.2) is 3.79 Å². The molecule has 0 aromatic carbocycles. The first kappa shape index (κ1) is 22.1. The van der Waals surface area contributed by atoms with Gasteiger partial charge in [0.1, 0.15) is 0 Å². The fourth-order valence-electron chi connectivity index (χ4n) is 2.33. The fraction of sp³-hybridized carbons (Fsp3) is 0.824. The van der Waals surface area contributed by atoms with E-state index in [2.05, 4.69) is 6.92 Å². The molecule has 2 nitrogen and oxygen atoms in total. The summed E-state index contributed by atoms with van der Waals surface area (Å²) in [4.78, 5) is 11.2. The Balaban J connectivity index is 3.92. The zero-order valence-electron chi connectivity index (χ0n) is 13.8. The Hall–Kier alpha value is 0.0800. The molecule has 0 saturated carbocycles. The summed E-state index contributed by atoms with van der Waals surface area (Å²) in [5, 5.41) is 0. The number of ether oxygens (including phenoxy) is 1. The highest BCUT2D eigenvalue weighted by Crippen LogP contribution is 2.40. The molecule has 0 heterocycles. The molecular formula is C17H29Cl3O2. The van der Waals surface area contributed by atoms with E-state index in [1.165, 1.54) is 38.2 Å². The van der Waals surface area contributed by atoms with Crippen LogP contribution < -0.4 is 0 Å². The number of unbranched alkanes of at least 4 members (excludes halogenated alkanes) is 5. The molecule has 0 aliphatic carbocycles. The van der Waals surface area contributed by atoms with Crippen LogP contribution in [0.3, 0.4) is 0 Å². The smallest absolute Gasteiger partial charge is 0.330 e. The lowest BCUT2D eigenvalue weighted by Crippen LogP contribution is -2.20. The van der Waals surface area contributed by atoms with Crippen molar-refractivity contribution in [3.63, 3.8) is 0 Å². The zero-order chi connectivity index (χ0) is 16.8. The lowest BCUT2D eigenvalue weighted by Gasteiger charge is -2.24. The first-order chi connectivity index (χ1) is 10.4. The number of allylic oxidation sites excluding steroid dienone is 1. The van der Waals surface area contributed by atoms with E-state index in [9.17, 15) is 4.79 Å². The van der Waals surface area contributed by atoms with Gasteiger partial charge in [-0.3, -0.25) is 0 Å². The summed E-state index contributed by atoms with van der Waals surface area (Å²) < 4.78 is 3.82. The average Bonchev–Trinajstić information content (AvgIpc) is 2.43. The molecule has 0 radical (unpaired) electrons. The molecule has 130 valence electrons. The molecule has 0 saturated heterocycles. The Labute approximate surface area is 150 Å². The Bertz CT molecular complexity index is 312. The molecule has 0 aliphatic rings. The lowest BCUT2D eigenvalue weighted by atomic mass is 9.97. The molecule has 0 spiro atoms. The van der Waals surface area contributed by atoms with Gasteiger partial charge in [0.05, 0.1) is 6.61 Å². The molecule has 5 heteroatoms. The number of hydrogen-bond donors (Lipinski definition) is 0. The van der Waals surface area contributed by atoms with E-state index in [1.807, 2.05) is 0 Å². The maximum atomic E-state index is 11.2. The van der Waals surface area contributed by atoms with Crippen molar-refractivity contribution in [1.29, 1.82) is 0 Å². The van der Waals surface area contributed by atoms with Crippen molar-refractivity contribution in [3.05, 3.63) is 12.2 Å². The van der Waals surface area contributed by atoms with Crippen molar-refractivity contribution in [2.75, 3.05) is 6.61 Å². The maximum Gasteiger partial charge on any atom is 0.330 e. The van der Waals surface area contributed by atoms with Gasteiger partial charge in [0.25, 0.3) is 0 Å². The van der Waals surface area contributed by atoms with Crippen molar-refractivity contribution in [2.24, 2.45) is 5.92 Å². The molecular weight excluding hydrogens is 343 g/mol. The first-order valence-electron chi connectivity index (χ1n) is 8.28. The number of carbonyl (C=O) groups excluding carboxylic acids is 1. The first-order valence-corrected chi connectivity index (χ1v) is 9.41. The van der Waals surface area contributed by atoms with Gasteiger partial charge < -0.3 is 4.74 Å². The Morgan fingerprint density at radius 1 is 1.05 bits per heavy atom. The third kappa shape index (κ3) is 12.6. The van der Waals surface area contributed by atoms with Gasteiger partial charge in [0.2, 0.25) is 0 Å². The van der Waals surface area contributed by atoms with Crippen molar-refractivity contribution < 1.29 is 9.53 Å². The average molecular weight is 372 g/mol. The molecule has 0 fully saturated rings. The number of esters is 1. The van der Waals surface area contributed by atoms with E-state index in [4.69, 9.17) is 39.5 Å². The molecule has 22 heavy (non-hydrogen) atoms. The van der Waals surface area contributed by atoms with Crippen LogP contribution in [0.2, 0.25) is 0 Å². The summed E-state index contributed by atoms with van der Waals surface area (Å²) in [5.41, 5.74) is 0. The van der Waals surface area contributed by atoms with Crippen LogP contribution in [0.4, 0.5) is 0 Å². The minimum atomic E-state index is -1.24. The molecule has 0 aromatic rings. The van der Waals surface area contributed by atoms with Crippen LogP contribution in [0.5, 0.6) is 0 Å². The molecule has 0 rings (SSSR count). The molecule has 1 atom stereocenters. The highest BCUT2D eigenvalue weighted by atomic mass is 35.6. The predicted octanol–water partition coefficient (Wildman–Crippen LogP) is 6.62. The third-order valence-electron chi connectivity index (χ3n) is 3.61. The summed E-state index contributed by atoms with van der Waals surface area (Å²) in [6.45, 7) is 4.36. The van der Waals surface area contributed by atoms with Crippen LogP contribution in [-0.4, -0.2) is 16.4 Å². The van der Waals surface area contributed by atoms with Gasteiger partial charge in [-0.05, 0) is 26.2 Å². The van der Waals surface area contributed by atoms with E-state index in [0.29, 0.717) is 6.61 Å². The summed E-state index contributed by atoms with van der Waals surface area (Å²) in [5.74, 6) is -0.298. The number of halogens is 3. The van der Waals surface area contributed by atoms with Gasteiger partial charge in [-0.2, -0.15) is 0 Å². The standard InChI is InChI=1S/C17H29Cl3O2/c1-3-5-6-7-8-9-12-15(17(18,19)20)13-10-14-22-16(21)11-4-2/h4,11,15H,3,5-10,12-14H2,1-2H3. The van der Waals surface area contributed by atoms with Gasteiger partial charge in [0, 0.05) is 12.0 Å². The van der Waals surface area contributed by atoms with Crippen LogP contribution >= 0.6 is 34.8 Å². The summed E-state index contributed by atoms with van der Waals surface area (Å²) in [6, 6.07) is 0. The molecule has 0 N–H and O–H groups in total. The molecule has 0 aliphatic heterocycles. The monoisotopic (exact) mass is 370 g/mol. The quantitative estimate of drug-likeness (QED) is 0.167. The van der Waals surface area contributed by atoms with Crippen molar-refractivity contribution >= 4 is 40.8 Å². The van der Waals surface area contributed by atoms with Crippen molar-refractivity contribution in [1.82, 2.24) is 0 Å². The second-order valence-electron chi connectivity index (χ2n) is 5.60. The van der Waals surface area contributed by atoms with Crippen LogP contribution in [0.1, 0.15) is 71.6 Å². The van der Waals surface area contributed by atoms with E-state index < -0.39 is 3.79 Å². The molecule has 0 bridgehead atoms. The Morgan fingerprint density at radius 3 is 2.23 bits per heavy atom. The number of carbonyl (C=O) groups is 1. The summed E-state index contributed by atoms with van der Waals surface area (Å²) in [6.07, 6.45) is 12.8. The van der Waals surface area contributed by atoms with E-state index >= 15 is 0 Å². The van der Waals surface area contributed by atoms with Crippen LogP contribution in [0.15, 0.2) is 12.2 Å². The maximum absolute atomic E-state index is 11.2. The normalized spacial score (nSPS) is 13.5. The highest BCUT2D eigenvalue weighted by Gasteiger charge is 2.31. The van der Waals surface area contributed by atoms with Gasteiger partial charge >= 0.3 is 5.97 Å². The molecule has 0 aromatic heterocycles. The van der Waals surface area contributed by atoms with E-state index in [0.717, 1.165) is 25.7 Å². The van der Waals surface area contributed by atoms with Crippen LogP contribution in [-0.2, 0) is 9.53 Å². The van der Waals surface area contributed by atoms with Gasteiger partial charge in [-0.1, -0.05) is 86.3 Å². The minimum absolute atomic E-state index is 0.0177. The third-order valence-corrected chi connectivity index (χ3v) is 4.54. The van der Waals surface area contributed by atoms with E-state index in [1.54, 1.807) is 13.0 Å². The summed E-state index contributed by atoms with van der Waals surface area (Å²) >= 11 is 18.2. The second kappa shape index (κ2) is 13.5. The number of rotatable bonds is 12. The Kier molecular flexibility index (Phi) is 13.6. The van der Waals surface area contributed by atoms with Crippen molar-refractivity contribution in [3.8, 4) is 0 Å². The lowest BCUT2D eigenvalue weighted by molar-refractivity contribution is -0.137. The van der Waals surface area contributed by atoms with E-state index in [-0.39, 0.29) is 11.9 Å². The highest BCUT2D eigenvalue weighted by molar-refractivity contribution is 6.67. The topological polar surface area (TPSA) is 26.3 Å². The Morgan fingerprint density at radius 2 is 1.64 bits per heavy atom.